The maximum atomic E-state index is 11.0. The third kappa shape index (κ3) is 4.10. The van der Waals surface area contributed by atoms with Crippen molar-refractivity contribution in [3.05, 3.63) is 57.6 Å². The molecule has 6 heteroatoms. The molecule has 0 aromatic heterocycles. The summed E-state index contributed by atoms with van der Waals surface area (Å²) in [5.41, 5.74) is 2.36. The van der Waals surface area contributed by atoms with Crippen LogP contribution in [-0.4, -0.2) is 21.5 Å². The number of aromatic hydroxyl groups is 1. The minimum absolute atomic E-state index is 0.0411. The van der Waals surface area contributed by atoms with Gasteiger partial charge in [0.25, 0.3) is 5.69 Å². The molecule has 6 nitrogen and oxygen atoms in total. The van der Waals surface area contributed by atoms with E-state index in [-0.39, 0.29) is 11.4 Å². The number of phenols is 1. The van der Waals surface area contributed by atoms with E-state index in [1.54, 1.807) is 18.2 Å². The fourth-order valence-corrected chi connectivity index (χ4v) is 2.61. The lowest BCUT2D eigenvalue weighted by atomic mass is 9.96. The van der Waals surface area contributed by atoms with Crippen molar-refractivity contribution in [3.63, 3.8) is 0 Å². The minimum atomic E-state index is -0.470. The van der Waals surface area contributed by atoms with Crippen molar-refractivity contribution in [2.75, 3.05) is 0 Å². The summed E-state index contributed by atoms with van der Waals surface area (Å²) >= 11 is 0. The van der Waals surface area contributed by atoms with Gasteiger partial charge >= 0.3 is 0 Å². The van der Waals surface area contributed by atoms with Crippen LogP contribution >= 0.6 is 0 Å². The van der Waals surface area contributed by atoms with Crippen molar-refractivity contribution in [2.45, 2.75) is 32.6 Å². The van der Waals surface area contributed by atoms with Crippen LogP contribution in [0.15, 0.2) is 41.6 Å². The molecule has 0 fully saturated rings. The molecule has 0 spiro atoms. The molecule has 0 radical (unpaired) electrons. The van der Waals surface area contributed by atoms with E-state index in [0.29, 0.717) is 16.7 Å². The number of non-ortho nitro benzene ring substituents is 1. The van der Waals surface area contributed by atoms with Gasteiger partial charge in [0.15, 0.2) is 0 Å². The number of nitro benzene ring substituents is 1. The van der Waals surface area contributed by atoms with Crippen molar-refractivity contribution >= 4 is 11.9 Å². The molecule has 0 heterocycles. The molecule has 0 saturated carbocycles. The van der Waals surface area contributed by atoms with Gasteiger partial charge in [-0.15, -0.1) is 0 Å². The summed E-state index contributed by atoms with van der Waals surface area (Å²) in [6.07, 6.45) is 5.18. The van der Waals surface area contributed by atoms with E-state index in [4.69, 9.17) is 5.21 Å². The van der Waals surface area contributed by atoms with E-state index in [1.807, 2.05) is 6.07 Å². The van der Waals surface area contributed by atoms with E-state index >= 15 is 0 Å². The van der Waals surface area contributed by atoms with Crippen LogP contribution in [0.4, 0.5) is 5.69 Å². The number of hydrogen-bond acceptors (Lipinski definition) is 5. The van der Waals surface area contributed by atoms with Crippen LogP contribution in [0.1, 0.15) is 37.3 Å². The average molecular weight is 328 g/mol. The molecular formula is C18H20N2O4. The molecule has 0 amide bonds. The summed E-state index contributed by atoms with van der Waals surface area (Å²) in [6, 6.07) is 9.71. The fraction of sp³-hybridized carbons (Fsp3) is 0.278. The number of benzene rings is 2. The normalized spacial score (nSPS) is 11.0. The highest BCUT2D eigenvalue weighted by molar-refractivity contribution is 5.89. The zero-order valence-electron chi connectivity index (χ0n) is 13.5. The van der Waals surface area contributed by atoms with Gasteiger partial charge in [-0.05, 0) is 36.1 Å². The Morgan fingerprint density at radius 3 is 2.71 bits per heavy atom. The fourth-order valence-electron chi connectivity index (χ4n) is 2.61. The van der Waals surface area contributed by atoms with Crippen LogP contribution in [-0.2, 0) is 6.42 Å². The molecule has 0 aliphatic heterocycles. The third-order valence-electron chi connectivity index (χ3n) is 3.83. The Hall–Kier alpha value is -2.89. The highest BCUT2D eigenvalue weighted by Gasteiger charge is 2.14. The first kappa shape index (κ1) is 17.5. The molecule has 0 aliphatic rings. The molecule has 2 aromatic rings. The summed E-state index contributed by atoms with van der Waals surface area (Å²) < 4.78 is 0. The van der Waals surface area contributed by atoms with Crippen LogP contribution < -0.4 is 0 Å². The minimum Gasteiger partial charge on any atom is -0.507 e. The van der Waals surface area contributed by atoms with E-state index in [9.17, 15) is 15.2 Å². The van der Waals surface area contributed by atoms with Crippen LogP contribution in [0.2, 0.25) is 0 Å². The van der Waals surface area contributed by atoms with Gasteiger partial charge in [-0.25, -0.2) is 0 Å². The lowest BCUT2D eigenvalue weighted by Gasteiger charge is -2.11. The summed E-state index contributed by atoms with van der Waals surface area (Å²) in [5, 5.41) is 33.2. The van der Waals surface area contributed by atoms with Gasteiger partial charge in [0, 0.05) is 23.3 Å². The van der Waals surface area contributed by atoms with Crippen LogP contribution in [0, 0.1) is 10.1 Å². The molecule has 2 N–H and O–H groups in total. The second-order valence-electron chi connectivity index (χ2n) is 5.59. The maximum Gasteiger partial charge on any atom is 0.270 e. The number of aryl methyl sites for hydroxylation is 1. The summed E-state index contributed by atoms with van der Waals surface area (Å²) in [6.45, 7) is 2.12. The van der Waals surface area contributed by atoms with E-state index in [1.165, 1.54) is 18.3 Å². The Bertz CT molecular complexity index is 757. The summed E-state index contributed by atoms with van der Waals surface area (Å²) in [5.74, 6) is -0.0625. The van der Waals surface area contributed by atoms with E-state index in [2.05, 4.69) is 12.1 Å². The number of nitrogens with zero attached hydrogens (tertiary/aromatic N) is 2. The van der Waals surface area contributed by atoms with Crippen LogP contribution in [0.5, 0.6) is 5.75 Å². The van der Waals surface area contributed by atoms with Crippen LogP contribution in [0.25, 0.3) is 11.1 Å². The number of rotatable bonds is 7. The zero-order valence-corrected chi connectivity index (χ0v) is 13.5. The van der Waals surface area contributed by atoms with Gasteiger partial charge < -0.3 is 10.3 Å². The predicted molar refractivity (Wildman–Crippen MR) is 92.8 cm³/mol. The molecule has 2 rings (SSSR count). The predicted octanol–water partition coefficient (Wildman–Crippen LogP) is 4.51. The van der Waals surface area contributed by atoms with Crippen molar-refractivity contribution < 1.29 is 15.2 Å². The number of nitro groups is 1. The lowest BCUT2D eigenvalue weighted by molar-refractivity contribution is -0.384. The molecule has 2 aromatic carbocycles. The molecule has 0 atom stereocenters. The zero-order chi connectivity index (χ0) is 17.5. The first-order valence-electron chi connectivity index (χ1n) is 7.85. The summed E-state index contributed by atoms with van der Waals surface area (Å²) in [4.78, 5) is 10.5. The Balaban J connectivity index is 2.50. The quantitative estimate of drug-likeness (QED) is 0.257. The molecule has 0 bridgehead atoms. The third-order valence-corrected chi connectivity index (χ3v) is 3.83. The molecule has 0 aliphatic carbocycles. The average Bonchev–Trinajstić information content (AvgIpc) is 2.58. The van der Waals surface area contributed by atoms with E-state index in [0.717, 1.165) is 31.2 Å². The second kappa shape index (κ2) is 8.10. The Morgan fingerprint density at radius 1 is 1.25 bits per heavy atom. The van der Waals surface area contributed by atoms with Crippen molar-refractivity contribution in [1.82, 2.24) is 0 Å². The Labute approximate surface area is 140 Å². The van der Waals surface area contributed by atoms with Gasteiger partial charge in [-0.2, -0.15) is 0 Å². The standard InChI is InChI=1S/C18H20N2O4/c1-2-3-4-6-13-9-15(12-19-22)18(21)17(10-13)14-7-5-8-16(11-14)20(23)24/h5,7-12,21-22H,2-4,6H2,1H3/b19-12+. The molecule has 0 saturated heterocycles. The number of oxime groups is 1. The highest BCUT2D eigenvalue weighted by Crippen LogP contribution is 2.35. The van der Waals surface area contributed by atoms with E-state index < -0.39 is 4.92 Å². The highest BCUT2D eigenvalue weighted by atomic mass is 16.6. The van der Waals surface area contributed by atoms with Crippen molar-refractivity contribution in [3.8, 4) is 16.9 Å². The summed E-state index contributed by atoms with van der Waals surface area (Å²) in [7, 11) is 0. The SMILES string of the molecule is CCCCCc1cc(/C=N/O)c(O)c(-c2cccc([N+](=O)[O-])c2)c1. The first-order chi connectivity index (χ1) is 11.6. The van der Waals surface area contributed by atoms with Gasteiger partial charge in [0.05, 0.1) is 11.1 Å². The Morgan fingerprint density at radius 2 is 2.04 bits per heavy atom. The monoisotopic (exact) mass is 328 g/mol. The van der Waals surface area contributed by atoms with Gasteiger partial charge in [-0.1, -0.05) is 37.1 Å². The maximum absolute atomic E-state index is 11.0. The van der Waals surface area contributed by atoms with Crippen molar-refractivity contribution in [2.24, 2.45) is 5.16 Å². The first-order valence-corrected chi connectivity index (χ1v) is 7.85. The molecule has 24 heavy (non-hydrogen) atoms. The van der Waals surface area contributed by atoms with Gasteiger partial charge in [0.1, 0.15) is 5.75 Å². The van der Waals surface area contributed by atoms with Crippen molar-refractivity contribution in [1.29, 1.82) is 0 Å². The molecular weight excluding hydrogens is 308 g/mol. The lowest BCUT2D eigenvalue weighted by Crippen LogP contribution is -1.94. The smallest absolute Gasteiger partial charge is 0.270 e. The largest absolute Gasteiger partial charge is 0.507 e. The Kier molecular flexibility index (Phi) is 5.89. The molecule has 126 valence electrons. The molecule has 0 unspecified atom stereocenters. The number of phenolic OH excluding ortho intramolecular Hbond substituents is 1. The second-order valence-corrected chi connectivity index (χ2v) is 5.59. The van der Waals surface area contributed by atoms with Gasteiger partial charge in [-0.3, -0.25) is 10.1 Å². The number of hydrogen-bond donors (Lipinski definition) is 2. The van der Waals surface area contributed by atoms with Gasteiger partial charge in [0.2, 0.25) is 0 Å². The van der Waals surface area contributed by atoms with Crippen LogP contribution in [0.3, 0.4) is 0 Å². The number of unbranched alkanes of at least 4 members (excludes halogenated alkanes) is 2. The topological polar surface area (TPSA) is 96.0 Å².